The van der Waals surface area contributed by atoms with E-state index in [1.54, 1.807) is 30.3 Å². The summed E-state index contributed by atoms with van der Waals surface area (Å²) in [7, 11) is 0. The minimum absolute atomic E-state index is 0.00995. The maximum atomic E-state index is 11.9. The lowest BCUT2D eigenvalue weighted by molar-refractivity contribution is -0.139. The molecule has 0 amide bonds. The summed E-state index contributed by atoms with van der Waals surface area (Å²) in [6.07, 6.45) is 2.94. The number of para-hydroxylation sites is 1. The lowest BCUT2D eigenvalue weighted by Gasteiger charge is -2.04. The van der Waals surface area contributed by atoms with Crippen molar-refractivity contribution < 1.29 is 14.3 Å². The van der Waals surface area contributed by atoms with Crippen LogP contribution in [0, 0.1) is 11.3 Å². The van der Waals surface area contributed by atoms with E-state index in [4.69, 9.17) is 14.7 Å². The summed E-state index contributed by atoms with van der Waals surface area (Å²) >= 11 is 0. The Morgan fingerprint density at radius 3 is 2.67 bits per heavy atom. The van der Waals surface area contributed by atoms with Crippen molar-refractivity contribution in [2.45, 2.75) is 6.61 Å². The summed E-state index contributed by atoms with van der Waals surface area (Å²) < 4.78 is 11.9. The van der Waals surface area contributed by atoms with E-state index in [0.29, 0.717) is 11.6 Å². The lowest BCUT2D eigenvalue weighted by Crippen LogP contribution is -2.08. The first-order valence-electron chi connectivity index (χ1n) is 8.03. The number of ether oxygens (including phenoxy) is 2. The van der Waals surface area contributed by atoms with Gasteiger partial charge in [-0.2, -0.15) is 9.94 Å². The highest BCUT2D eigenvalue weighted by Gasteiger charge is 2.09. The van der Waals surface area contributed by atoms with Gasteiger partial charge in [-0.25, -0.2) is 4.79 Å². The number of carbonyl (C=O) groups is 1. The first-order valence-corrected chi connectivity index (χ1v) is 8.03. The number of tetrazole rings is 1. The van der Waals surface area contributed by atoms with E-state index in [0.717, 1.165) is 11.3 Å². The number of carbonyl (C=O) groups excluding carboxylic acids is 1. The highest BCUT2D eigenvalue weighted by atomic mass is 16.5. The number of rotatable bonds is 7. The van der Waals surface area contributed by atoms with Crippen LogP contribution < -0.4 is 4.74 Å². The third-order valence-corrected chi connectivity index (χ3v) is 3.47. The number of nitriles is 1. The molecule has 8 heteroatoms. The Balaban J connectivity index is 1.55. The lowest BCUT2D eigenvalue weighted by atomic mass is 10.2. The van der Waals surface area contributed by atoms with Crippen molar-refractivity contribution in [2.75, 3.05) is 6.61 Å². The molecule has 134 valence electrons. The van der Waals surface area contributed by atoms with Gasteiger partial charge in [0, 0.05) is 6.08 Å². The molecule has 2 aromatic carbocycles. The molecule has 0 spiro atoms. The molecule has 8 nitrogen and oxygen atoms in total. The average Bonchev–Trinajstić information content (AvgIpc) is 3.19. The maximum Gasteiger partial charge on any atom is 0.331 e. The van der Waals surface area contributed by atoms with Crippen LogP contribution in [0.1, 0.15) is 11.4 Å². The van der Waals surface area contributed by atoms with Gasteiger partial charge in [0.25, 0.3) is 0 Å². The van der Waals surface area contributed by atoms with E-state index < -0.39 is 5.97 Å². The van der Waals surface area contributed by atoms with Crippen LogP contribution in [-0.2, 0) is 16.1 Å². The fourth-order valence-corrected chi connectivity index (χ4v) is 2.20. The zero-order chi connectivity index (χ0) is 18.9. The topological polar surface area (TPSA) is 103 Å². The molecule has 1 heterocycles. The molecule has 0 radical (unpaired) electrons. The van der Waals surface area contributed by atoms with Crippen LogP contribution in [-0.4, -0.2) is 32.8 Å². The monoisotopic (exact) mass is 361 g/mol. The quantitative estimate of drug-likeness (QED) is 0.470. The van der Waals surface area contributed by atoms with Crippen molar-refractivity contribution in [1.82, 2.24) is 20.2 Å². The van der Waals surface area contributed by atoms with Crippen molar-refractivity contribution in [2.24, 2.45) is 0 Å². The summed E-state index contributed by atoms with van der Waals surface area (Å²) in [6, 6.07) is 18.2. The van der Waals surface area contributed by atoms with Crippen LogP contribution in [0.25, 0.3) is 11.8 Å². The summed E-state index contributed by atoms with van der Waals surface area (Å²) in [4.78, 5) is 11.9. The highest BCUT2D eigenvalue weighted by molar-refractivity contribution is 5.87. The van der Waals surface area contributed by atoms with E-state index >= 15 is 0 Å². The first kappa shape index (κ1) is 17.8. The van der Waals surface area contributed by atoms with Crippen molar-refractivity contribution in [3.05, 3.63) is 72.1 Å². The van der Waals surface area contributed by atoms with E-state index in [1.165, 1.54) is 10.8 Å². The van der Waals surface area contributed by atoms with Gasteiger partial charge in [0.15, 0.2) is 19.0 Å². The van der Waals surface area contributed by atoms with Crippen LogP contribution in [0.5, 0.6) is 5.75 Å². The van der Waals surface area contributed by atoms with E-state index in [9.17, 15) is 4.79 Å². The van der Waals surface area contributed by atoms with Gasteiger partial charge in [0.1, 0.15) is 11.8 Å². The maximum absolute atomic E-state index is 11.9. The molecule has 27 heavy (non-hydrogen) atoms. The summed E-state index contributed by atoms with van der Waals surface area (Å²) in [5, 5.41) is 19.9. The van der Waals surface area contributed by atoms with Crippen molar-refractivity contribution in [3.8, 4) is 17.5 Å². The fourth-order valence-electron chi connectivity index (χ4n) is 2.20. The number of benzene rings is 2. The Bertz CT molecular complexity index is 959. The standard InChI is InChI=1S/C19H15N5O3/c20-12-13-26-17-9-6-15(7-10-17)8-11-19(25)27-14-18-21-22-23-24(18)16-4-2-1-3-5-16/h1-11H,13-14H2/b11-8+. The first-order chi connectivity index (χ1) is 13.3. The third-order valence-electron chi connectivity index (χ3n) is 3.47. The van der Waals surface area contributed by atoms with Gasteiger partial charge in [-0.1, -0.05) is 30.3 Å². The van der Waals surface area contributed by atoms with Gasteiger partial charge < -0.3 is 9.47 Å². The molecule has 0 N–H and O–H groups in total. The molecular weight excluding hydrogens is 346 g/mol. The molecule has 0 unspecified atom stereocenters. The van der Waals surface area contributed by atoms with Gasteiger partial charge in [0.2, 0.25) is 0 Å². The van der Waals surface area contributed by atoms with Crippen LogP contribution in [0.15, 0.2) is 60.7 Å². The summed E-state index contributed by atoms with van der Waals surface area (Å²) in [5.74, 6) is 0.494. The van der Waals surface area contributed by atoms with Gasteiger partial charge in [-0.15, -0.1) is 5.10 Å². The van der Waals surface area contributed by atoms with Gasteiger partial charge in [-0.05, 0) is 46.3 Å². The Kier molecular flexibility index (Phi) is 5.89. The zero-order valence-corrected chi connectivity index (χ0v) is 14.2. The fraction of sp³-hybridized carbons (Fsp3) is 0.105. The van der Waals surface area contributed by atoms with E-state index in [1.807, 2.05) is 36.4 Å². The van der Waals surface area contributed by atoms with Crippen LogP contribution in [0.2, 0.25) is 0 Å². The normalized spacial score (nSPS) is 10.5. The highest BCUT2D eigenvalue weighted by Crippen LogP contribution is 2.13. The van der Waals surface area contributed by atoms with Crippen molar-refractivity contribution >= 4 is 12.0 Å². The minimum Gasteiger partial charge on any atom is -0.479 e. The number of hydrogen-bond donors (Lipinski definition) is 0. The summed E-state index contributed by atoms with van der Waals surface area (Å²) in [5.41, 5.74) is 1.58. The number of aromatic nitrogens is 4. The number of hydrogen-bond acceptors (Lipinski definition) is 7. The van der Waals surface area contributed by atoms with E-state index in [-0.39, 0.29) is 13.2 Å². The molecule has 3 rings (SSSR count). The molecule has 0 saturated carbocycles. The Morgan fingerprint density at radius 2 is 1.93 bits per heavy atom. The van der Waals surface area contributed by atoms with Gasteiger partial charge in [-0.3, -0.25) is 0 Å². The molecule has 0 aliphatic carbocycles. The average molecular weight is 361 g/mol. The Labute approximate surface area is 155 Å². The van der Waals surface area contributed by atoms with Crippen LogP contribution in [0.3, 0.4) is 0 Å². The second kappa shape index (κ2) is 8.92. The predicted molar refractivity (Wildman–Crippen MR) is 95.5 cm³/mol. The van der Waals surface area contributed by atoms with Gasteiger partial charge >= 0.3 is 5.97 Å². The molecule has 0 aliphatic rings. The largest absolute Gasteiger partial charge is 0.479 e. The van der Waals surface area contributed by atoms with Crippen molar-refractivity contribution in [1.29, 1.82) is 5.26 Å². The van der Waals surface area contributed by atoms with Crippen molar-refractivity contribution in [3.63, 3.8) is 0 Å². The van der Waals surface area contributed by atoms with E-state index in [2.05, 4.69) is 15.5 Å². The zero-order valence-electron chi connectivity index (χ0n) is 14.2. The molecular formula is C19H15N5O3. The van der Waals surface area contributed by atoms with Gasteiger partial charge in [0.05, 0.1) is 5.69 Å². The van der Waals surface area contributed by atoms with Crippen LogP contribution >= 0.6 is 0 Å². The number of nitrogens with zero attached hydrogens (tertiary/aromatic N) is 5. The smallest absolute Gasteiger partial charge is 0.331 e. The SMILES string of the molecule is N#CCOc1ccc(/C=C/C(=O)OCc2nnnn2-c2ccccc2)cc1. The Hall–Kier alpha value is -3.99. The molecule has 0 aliphatic heterocycles. The minimum atomic E-state index is -0.512. The summed E-state index contributed by atoms with van der Waals surface area (Å²) in [6.45, 7) is -0.0595. The number of esters is 1. The second-order valence-electron chi connectivity index (χ2n) is 5.30. The predicted octanol–water partition coefficient (Wildman–Crippen LogP) is 2.32. The molecule has 0 saturated heterocycles. The molecule has 0 atom stereocenters. The molecule has 0 bridgehead atoms. The second-order valence-corrected chi connectivity index (χ2v) is 5.30. The molecule has 1 aromatic heterocycles. The molecule has 0 fully saturated rings. The third kappa shape index (κ3) is 4.99. The Morgan fingerprint density at radius 1 is 1.15 bits per heavy atom. The molecule has 3 aromatic rings. The van der Waals surface area contributed by atoms with Crippen LogP contribution in [0.4, 0.5) is 0 Å².